The average molecular weight is 508 g/mol. The number of rotatable bonds is 7. The Labute approximate surface area is 189 Å². The summed E-state index contributed by atoms with van der Waals surface area (Å²) in [6, 6.07) is 15.0. The van der Waals surface area contributed by atoms with Gasteiger partial charge in [0.2, 0.25) is 0 Å². The summed E-state index contributed by atoms with van der Waals surface area (Å²) in [7, 11) is 0. The Balaban J connectivity index is 1.88. The van der Waals surface area contributed by atoms with E-state index in [2.05, 4.69) is 20.7 Å². The fourth-order valence-electron chi connectivity index (χ4n) is 3.03. The van der Waals surface area contributed by atoms with Crippen LogP contribution in [-0.4, -0.2) is 22.0 Å². The van der Waals surface area contributed by atoms with Crippen LogP contribution in [0.2, 0.25) is 0 Å². The minimum absolute atomic E-state index is 0.164. The van der Waals surface area contributed by atoms with Crippen LogP contribution in [-0.2, 0) is 13.0 Å². The van der Waals surface area contributed by atoms with Gasteiger partial charge in [-0.3, -0.25) is 4.79 Å². The molecule has 166 valence electrons. The smallest absolute Gasteiger partial charge is 0.478 e. The van der Waals surface area contributed by atoms with Gasteiger partial charge in [0.15, 0.2) is 0 Å². The maximum absolute atomic E-state index is 12.7. The van der Waals surface area contributed by atoms with E-state index in [1.807, 2.05) is 0 Å². The number of carboxylic acids is 1. The molecule has 0 bridgehead atoms. The fraction of sp³-hybridized carbons (Fsp3) is 0.130. The number of aryl methyl sites for hydroxylation is 1. The van der Waals surface area contributed by atoms with Crippen molar-refractivity contribution in [1.29, 1.82) is 0 Å². The molecule has 0 amide bonds. The molecule has 9 heteroatoms. The summed E-state index contributed by atoms with van der Waals surface area (Å²) < 4.78 is 44.1. The summed E-state index contributed by atoms with van der Waals surface area (Å²) in [5.41, 5.74) is 1.39. The molecule has 0 atom stereocenters. The number of pyridine rings is 1. The van der Waals surface area contributed by atoms with Crippen LogP contribution in [0.3, 0.4) is 0 Å². The second-order valence-electron chi connectivity index (χ2n) is 6.73. The molecular formula is C23H17BrF3NO4. The minimum Gasteiger partial charge on any atom is -0.478 e. The van der Waals surface area contributed by atoms with Gasteiger partial charge in [0.1, 0.15) is 5.75 Å². The van der Waals surface area contributed by atoms with Crippen molar-refractivity contribution in [3.63, 3.8) is 0 Å². The van der Waals surface area contributed by atoms with Crippen molar-refractivity contribution in [3.8, 4) is 5.75 Å². The first kappa shape index (κ1) is 23.3. The Morgan fingerprint density at radius 3 is 2.38 bits per heavy atom. The molecule has 0 saturated heterocycles. The van der Waals surface area contributed by atoms with Crippen molar-refractivity contribution >= 4 is 34.1 Å². The van der Waals surface area contributed by atoms with E-state index in [-0.39, 0.29) is 29.0 Å². The predicted molar refractivity (Wildman–Crippen MR) is 118 cm³/mol. The number of aromatic carboxylic acids is 1. The second-order valence-corrected chi connectivity index (χ2v) is 7.58. The number of hydrogen-bond donors (Lipinski definition) is 1. The van der Waals surface area contributed by atoms with E-state index >= 15 is 0 Å². The third kappa shape index (κ3) is 6.10. The molecule has 32 heavy (non-hydrogen) atoms. The number of carboxylic acid groups (broad SMARTS) is 1. The first-order valence-electron chi connectivity index (χ1n) is 9.38. The lowest BCUT2D eigenvalue weighted by atomic mass is 10.1. The van der Waals surface area contributed by atoms with Crippen LogP contribution in [0.4, 0.5) is 13.2 Å². The molecule has 0 spiro atoms. The van der Waals surface area contributed by atoms with Crippen molar-refractivity contribution < 1.29 is 27.8 Å². The second kappa shape index (κ2) is 9.86. The lowest BCUT2D eigenvalue weighted by Crippen LogP contribution is -2.22. The van der Waals surface area contributed by atoms with Crippen molar-refractivity contribution in [3.05, 3.63) is 97.9 Å². The predicted octanol–water partition coefficient (Wildman–Crippen LogP) is 5.62. The fourth-order valence-corrected chi connectivity index (χ4v) is 3.51. The van der Waals surface area contributed by atoms with Gasteiger partial charge >= 0.3 is 12.3 Å². The summed E-state index contributed by atoms with van der Waals surface area (Å²) in [5, 5.41) is 8.99. The van der Waals surface area contributed by atoms with E-state index in [4.69, 9.17) is 5.11 Å². The number of nitrogens with zero attached hydrogens (tertiary/aromatic N) is 1. The highest BCUT2D eigenvalue weighted by Gasteiger charge is 2.31. The van der Waals surface area contributed by atoms with Crippen LogP contribution < -0.4 is 10.3 Å². The zero-order valence-corrected chi connectivity index (χ0v) is 18.1. The van der Waals surface area contributed by atoms with E-state index in [1.54, 1.807) is 24.3 Å². The molecule has 1 N–H and O–H groups in total. The first-order valence-corrected chi connectivity index (χ1v) is 10.2. The van der Waals surface area contributed by atoms with E-state index in [1.165, 1.54) is 53.1 Å². The molecule has 0 unspecified atom stereocenters. The summed E-state index contributed by atoms with van der Waals surface area (Å²) >= 11 is 3.39. The average Bonchev–Trinajstić information content (AvgIpc) is 2.73. The molecule has 0 radical (unpaired) electrons. The van der Waals surface area contributed by atoms with Gasteiger partial charge in [0.05, 0.1) is 11.3 Å². The van der Waals surface area contributed by atoms with E-state index in [0.717, 1.165) is 5.56 Å². The summed E-state index contributed by atoms with van der Waals surface area (Å²) in [6.45, 7) is 0.283. The normalized spacial score (nSPS) is 11.6. The van der Waals surface area contributed by atoms with Crippen LogP contribution in [0.5, 0.6) is 5.75 Å². The number of alkyl halides is 3. The molecule has 0 fully saturated rings. The number of benzene rings is 2. The maximum atomic E-state index is 12.7. The standard InChI is InChI=1S/C23H17BrF3NO4/c24-18-10-12-21(29)28(14-13-15-5-7-17(8-6-15)22(30)31)19(18)11-9-16-3-1-2-4-20(16)32-23(25,26)27/h1-12H,13-14H2,(H,30,31). The Kier molecular flexibility index (Phi) is 7.19. The Bertz CT molecular complexity index is 1200. The third-order valence-corrected chi connectivity index (χ3v) is 5.23. The van der Waals surface area contributed by atoms with Crippen LogP contribution >= 0.6 is 15.9 Å². The minimum atomic E-state index is -4.82. The van der Waals surface area contributed by atoms with E-state index < -0.39 is 12.3 Å². The largest absolute Gasteiger partial charge is 0.573 e. The van der Waals surface area contributed by atoms with Gasteiger partial charge in [-0.05, 0) is 64.3 Å². The molecule has 0 aliphatic carbocycles. The number of hydrogen-bond acceptors (Lipinski definition) is 3. The Morgan fingerprint density at radius 2 is 1.72 bits per heavy atom. The quantitative estimate of drug-likeness (QED) is 0.450. The number of halogens is 4. The Morgan fingerprint density at radius 1 is 1.03 bits per heavy atom. The number of aromatic nitrogens is 1. The van der Waals surface area contributed by atoms with Crippen molar-refractivity contribution in [2.45, 2.75) is 19.3 Å². The maximum Gasteiger partial charge on any atom is 0.573 e. The zero-order chi connectivity index (χ0) is 23.3. The molecule has 0 saturated carbocycles. The molecule has 2 aromatic carbocycles. The molecule has 1 aromatic heterocycles. The van der Waals surface area contributed by atoms with Crippen molar-refractivity contribution in [2.75, 3.05) is 0 Å². The summed E-state index contributed by atoms with van der Waals surface area (Å²) in [6.07, 6.45) is -1.39. The highest BCUT2D eigenvalue weighted by Crippen LogP contribution is 2.28. The highest BCUT2D eigenvalue weighted by molar-refractivity contribution is 9.10. The van der Waals surface area contributed by atoms with Crippen LogP contribution in [0.25, 0.3) is 12.2 Å². The van der Waals surface area contributed by atoms with Gasteiger partial charge in [0.25, 0.3) is 5.56 Å². The topological polar surface area (TPSA) is 68.5 Å². The molecule has 1 heterocycles. The third-order valence-electron chi connectivity index (χ3n) is 4.56. The highest BCUT2D eigenvalue weighted by atomic mass is 79.9. The number of para-hydroxylation sites is 1. The van der Waals surface area contributed by atoms with Gasteiger partial charge in [-0.1, -0.05) is 30.3 Å². The molecule has 0 aliphatic rings. The van der Waals surface area contributed by atoms with Crippen LogP contribution in [0, 0.1) is 0 Å². The van der Waals surface area contributed by atoms with Gasteiger partial charge in [0, 0.05) is 22.6 Å². The molecule has 0 aliphatic heterocycles. The van der Waals surface area contributed by atoms with Crippen LogP contribution in [0.1, 0.15) is 27.2 Å². The van der Waals surface area contributed by atoms with Gasteiger partial charge < -0.3 is 14.4 Å². The molecular weight excluding hydrogens is 491 g/mol. The SMILES string of the molecule is O=C(O)c1ccc(CCn2c(C=Cc3ccccc3OC(F)(F)F)c(Br)ccc2=O)cc1. The molecule has 3 rings (SSSR count). The number of ether oxygens (including phenoxy) is 1. The summed E-state index contributed by atoms with van der Waals surface area (Å²) in [4.78, 5) is 23.5. The summed E-state index contributed by atoms with van der Waals surface area (Å²) in [5.74, 6) is -1.38. The Hall–Kier alpha value is -3.33. The molecule has 5 nitrogen and oxygen atoms in total. The van der Waals surface area contributed by atoms with Gasteiger partial charge in [-0.15, -0.1) is 13.2 Å². The monoisotopic (exact) mass is 507 g/mol. The lowest BCUT2D eigenvalue weighted by Gasteiger charge is -2.13. The van der Waals surface area contributed by atoms with Crippen molar-refractivity contribution in [2.24, 2.45) is 0 Å². The first-order chi connectivity index (χ1) is 15.1. The number of carbonyl (C=O) groups is 1. The lowest BCUT2D eigenvalue weighted by molar-refractivity contribution is -0.274. The molecule has 3 aromatic rings. The van der Waals surface area contributed by atoms with E-state index in [9.17, 15) is 22.8 Å². The van der Waals surface area contributed by atoms with Gasteiger partial charge in [-0.25, -0.2) is 4.79 Å². The van der Waals surface area contributed by atoms with E-state index in [0.29, 0.717) is 16.6 Å². The van der Waals surface area contributed by atoms with Crippen molar-refractivity contribution in [1.82, 2.24) is 4.57 Å². The zero-order valence-electron chi connectivity index (χ0n) is 16.5. The van der Waals surface area contributed by atoms with Gasteiger partial charge in [-0.2, -0.15) is 0 Å². The van der Waals surface area contributed by atoms with Crippen LogP contribution in [0.15, 0.2) is 69.9 Å².